The number of piperazine rings is 1. The third-order valence-corrected chi connectivity index (χ3v) is 6.13. The molecule has 1 aromatic carbocycles. The van der Waals surface area contributed by atoms with Crippen LogP contribution in [-0.4, -0.2) is 56.0 Å². The second kappa shape index (κ2) is 7.89. The van der Waals surface area contributed by atoms with E-state index in [1.807, 2.05) is 43.0 Å². The second-order valence-corrected chi connectivity index (χ2v) is 8.18. The number of amides is 1. The number of aromatic nitrogens is 3. The van der Waals surface area contributed by atoms with Crippen molar-refractivity contribution in [3.8, 4) is 0 Å². The van der Waals surface area contributed by atoms with Crippen LogP contribution >= 0.6 is 11.3 Å². The first-order valence-corrected chi connectivity index (χ1v) is 10.5. The second-order valence-electron chi connectivity index (χ2n) is 7.12. The van der Waals surface area contributed by atoms with Gasteiger partial charge in [0.2, 0.25) is 5.91 Å². The van der Waals surface area contributed by atoms with Crippen LogP contribution in [0.15, 0.2) is 34.4 Å². The van der Waals surface area contributed by atoms with Gasteiger partial charge < -0.3 is 4.90 Å². The molecule has 0 atom stereocenters. The zero-order valence-electron chi connectivity index (χ0n) is 16.3. The van der Waals surface area contributed by atoms with E-state index in [9.17, 15) is 9.59 Å². The molecule has 1 amide bonds. The van der Waals surface area contributed by atoms with Crippen molar-refractivity contribution in [2.75, 3.05) is 26.2 Å². The minimum absolute atomic E-state index is 0.00487. The Balaban J connectivity index is 1.42. The Morgan fingerprint density at radius 1 is 1.11 bits per heavy atom. The number of hydrogen-bond donors (Lipinski definition) is 0. The van der Waals surface area contributed by atoms with Gasteiger partial charge in [-0.3, -0.25) is 18.8 Å². The van der Waals surface area contributed by atoms with Gasteiger partial charge in [-0.1, -0.05) is 12.1 Å². The third-order valence-electron chi connectivity index (χ3n) is 5.31. The fourth-order valence-corrected chi connectivity index (χ4v) is 4.44. The highest BCUT2D eigenvalue weighted by Crippen LogP contribution is 2.15. The number of imidazole rings is 1. The molecule has 3 aromatic rings. The highest BCUT2D eigenvalue weighted by Gasteiger charge is 2.23. The number of para-hydroxylation sites is 2. The van der Waals surface area contributed by atoms with Crippen LogP contribution in [0.25, 0.3) is 11.0 Å². The van der Waals surface area contributed by atoms with E-state index < -0.39 is 0 Å². The molecule has 0 radical (unpaired) electrons. The van der Waals surface area contributed by atoms with Gasteiger partial charge in [0.15, 0.2) is 0 Å². The lowest BCUT2D eigenvalue weighted by molar-refractivity contribution is -0.133. The Morgan fingerprint density at radius 3 is 2.39 bits per heavy atom. The maximum absolute atomic E-state index is 12.9. The minimum atomic E-state index is -0.116. The third kappa shape index (κ3) is 3.62. The molecule has 0 bridgehead atoms. The summed E-state index contributed by atoms with van der Waals surface area (Å²) in [5, 5.41) is 3.18. The van der Waals surface area contributed by atoms with Gasteiger partial charge in [0.05, 0.1) is 21.7 Å². The van der Waals surface area contributed by atoms with Crippen LogP contribution in [0.4, 0.5) is 0 Å². The van der Waals surface area contributed by atoms with Crippen molar-refractivity contribution in [1.29, 1.82) is 0 Å². The van der Waals surface area contributed by atoms with Crippen molar-refractivity contribution in [3.63, 3.8) is 0 Å². The summed E-state index contributed by atoms with van der Waals surface area (Å²) in [6.07, 6.45) is 0. The van der Waals surface area contributed by atoms with Gasteiger partial charge in [0, 0.05) is 44.6 Å². The number of hydrogen-bond acceptors (Lipinski definition) is 5. The van der Waals surface area contributed by atoms with Crippen molar-refractivity contribution in [1.82, 2.24) is 23.9 Å². The fourth-order valence-electron chi connectivity index (χ4n) is 3.83. The van der Waals surface area contributed by atoms with Crippen LogP contribution in [0.3, 0.4) is 0 Å². The van der Waals surface area contributed by atoms with Crippen molar-refractivity contribution >= 4 is 28.3 Å². The number of aryl methyl sites for hydroxylation is 2. The van der Waals surface area contributed by atoms with E-state index in [-0.39, 0.29) is 18.1 Å². The maximum Gasteiger partial charge on any atom is 0.329 e. The zero-order chi connectivity index (χ0) is 19.7. The summed E-state index contributed by atoms with van der Waals surface area (Å²) in [5.74, 6) is 0.00487. The van der Waals surface area contributed by atoms with Crippen LogP contribution in [0.1, 0.15) is 17.6 Å². The molecule has 0 spiro atoms. The molecule has 4 rings (SSSR count). The van der Waals surface area contributed by atoms with Crippen molar-refractivity contribution in [2.24, 2.45) is 0 Å². The van der Waals surface area contributed by atoms with E-state index >= 15 is 0 Å². The molecule has 1 aliphatic heterocycles. The maximum atomic E-state index is 12.9. The van der Waals surface area contributed by atoms with Gasteiger partial charge in [-0.15, -0.1) is 11.3 Å². The molecule has 2 aromatic heterocycles. The number of fused-ring (bicyclic) bond motifs is 1. The SMILES string of the molecule is CCn1c(=O)n(CC(=O)N2CCN(Cc3csc(C)n3)CC2)c2ccccc21. The first kappa shape index (κ1) is 18.9. The largest absolute Gasteiger partial charge is 0.339 e. The first-order chi connectivity index (χ1) is 13.6. The molecule has 1 fully saturated rings. The first-order valence-electron chi connectivity index (χ1n) is 9.66. The van der Waals surface area contributed by atoms with E-state index in [1.165, 1.54) is 0 Å². The van der Waals surface area contributed by atoms with Crippen LogP contribution in [-0.2, 0) is 24.4 Å². The lowest BCUT2D eigenvalue weighted by atomic mass is 10.3. The summed E-state index contributed by atoms with van der Waals surface area (Å²) in [6, 6.07) is 7.66. The molecular weight excluding hydrogens is 374 g/mol. The highest BCUT2D eigenvalue weighted by atomic mass is 32.1. The summed E-state index contributed by atoms with van der Waals surface area (Å²) < 4.78 is 3.32. The average Bonchev–Trinajstić information content (AvgIpc) is 3.23. The van der Waals surface area contributed by atoms with Gasteiger partial charge in [-0.25, -0.2) is 9.78 Å². The predicted octanol–water partition coefficient (Wildman–Crippen LogP) is 1.93. The van der Waals surface area contributed by atoms with Crippen LogP contribution in [0.5, 0.6) is 0 Å². The number of benzene rings is 1. The van der Waals surface area contributed by atoms with Crippen LogP contribution < -0.4 is 5.69 Å². The molecule has 28 heavy (non-hydrogen) atoms. The highest BCUT2D eigenvalue weighted by molar-refractivity contribution is 7.09. The van der Waals surface area contributed by atoms with E-state index in [2.05, 4.69) is 15.3 Å². The molecular formula is C20H25N5O2S. The van der Waals surface area contributed by atoms with Gasteiger partial charge >= 0.3 is 5.69 Å². The van der Waals surface area contributed by atoms with Gasteiger partial charge in [0.25, 0.3) is 0 Å². The number of nitrogens with zero attached hydrogens (tertiary/aromatic N) is 5. The van der Waals surface area contributed by atoms with Gasteiger partial charge in [-0.05, 0) is 26.0 Å². The monoisotopic (exact) mass is 399 g/mol. The standard InChI is InChI=1S/C20H25N5O2S/c1-3-24-17-6-4-5-7-18(17)25(20(24)27)13-19(26)23-10-8-22(9-11-23)12-16-14-28-15(2)21-16/h4-7,14H,3,8-13H2,1-2H3. The fraction of sp³-hybridized carbons (Fsp3) is 0.450. The van der Waals surface area contributed by atoms with Crippen molar-refractivity contribution < 1.29 is 4.79 Å². The lowest BCUT2D eigenvalue weighted by Gasteiger charge is -2.34. The molecule has 1 aliphatic rings. The van der Waals surface area contributed by atoms with Crippen molar-refractivity contribution in [3.05, 3.63) is 50.8 Å². The molecule has 0 N–H and O–H groups in total. The summed E-state index contributed by atoms with van der Waals surface area (Å²) in [6.45, 7) is 8.50. The van der Waals surface area contributed by atoms with Gasteiger partial charge in [0.1, 0.15) is 6.54 Å². The Hall–Kier alpha value is -2.45. The lowest BCUT2D eigenvalue weighted by Crippen LogP contribution is -2.49. The summed E-state index contributed by atoms with van der Waals surface area (Å²) in [5.41, 5.74) is 2.68. The molecule has 0 aliphatic carbocycles. The normalized spacial score (nSPS) is 15.4. The van der Waals surface area contributed by atoms with E-state index in [4.69, 9.17) is 0 Å². The minimum Gasteiger partial charge on any atom is -0.339 e. The Labute approximate surface area is 167 Å². The topological polar surface area (TPSA) is 63.4 Å². The van der Waals surface area contributed by atoms with E-state index in [0.29, 0.717) is 19.6 Å². The average molecular weight is 400 g/mol. The number of thiazole rings is 1. The predicted molar refractivity (Wildman–Crippen MR) is 111 cm³/mol. The molecule has 0 unspecified atom stereocenters. The molecule has 148 valence electrons. The Kier molecular flexibility index (Phi) is 5.32. The van der Waals surface area contributed by atoms with Crippen LogP contribution in [0, 0.1) is 6.92 Å². The van der Waals surface area contributed by atoms with Gasteiger partial charge in [-0.2, -0.15) is 0 Å². The summed E-state index contributed by atoms with van der Waals surface area (Å²) in [4.78, 5) is 34.3. The molecule has 7 nitrogen and oxygen atoms in total. The van der Waals surface area contributed by atoms with Crippen molar-refractivity contribution in [2.45, 2.75) is 33.5 Å². The number of carbonyl (C=O) groups excluding carboxylic acids is 1. The molecule has 0 saturated carbocycles. The Bertz CT molecular complexity index is 1040. The number of rotatable bonds is 5. The van der Waals surface area contributed by atoms with E-state index in [0.717, 1.165) is 41.4 Å². The molecule has 8 heteroatoms. The zero-order valence-corrected chi connectivity index (χ0v) is 17.1. The summed E-state index contributed by atoms with van der Waals surface area (Å²) >= 11 is 1.67. The summed E-state index contributed by atoms with van der Waals surface area (Å²) in [7, 11) is 0. The quantitative estimate of drug-likeness (QED) is 0.658. The smallest absolute Gasteiger partial charge is 0.329 e. The molecule has 3 heterocycles. The molecule has 1 saturated heterocycles. The van der Waals surface area contributed by atoms with Crippen LogP contribution in [0.2, 0.25) is 0 Å². The van der Waals surface area contributed by atoms with E-state index in [1.54, 1.807) is 20.5 Å². The number of carbonyl (C=O) groups is 1. The Morgan fingerprint density at radius 2 is 1.79 bits per heavy atom.